The van der Waals surface area contributed by atoms with E-state index in [9.17, 15) is 0 Å². The van der Waals surface area contributed by atoms with Gasteiger partial charge in [-0.3, -0.25) is 0 Å². The van der Waals surface area contributed by atoms with Crippen LogP contribution in [0.2, 0.25) is 0 Å². The van der Waals surface area contributed by atoms with E-state index in [-0.39, 0.29) is 0 Å². The van der Waals surface area contributed by atoms with Gasteiger partial charge in [0.05, 0.1) is 0 Å². The van der Waals surface area contributed by atoms with E-state index in [1.54, 1.807) is 0 Å². The van der Waals surface area contributed by atoms with E-state index >= 15 is 0 Å². The van der Waals surface area contributed by atoms with Gasteiger partial charge in [-0.1, -0.05) is 72.8 Å². The summed E-state index contributed by atoms with van der Waals surface area (Å²) in [6.07, 6.45) is 7.62. The molecule has 0 aromatic heterocycles. The zero-order chi connectivity index (χ0) is 22.0. The van der Waals surface area contributed by atoms with E-state index in [0.29, 0.717) is 18.6 Å². The molecule has 2 nitrogen and oxygen atoms in total. The number of rotatable bonds is 10. The third-order valence-electron chi connectivity index (χ3n) is 6.91. The monoisotopic (exact) mass is 427 g/mol. The van der Waals surface area contributed by atoms with Crippen LogP contribution in [-0.4, -0.2) is 12.6 Å². The molecule has 168 valence electrons. The third-order valence-corrected chi connectivity index (χ3v) is 6.91. The molecule has 32 heavy (non-hydrogen) atoms. The Labute approximate surface area is 194 Å². The molecule has 1 atom stereocenters. The lowest BCUT2D eigenvalue weighted by molar-refractivity contribution is 0.300. The average Bonchev–Trinajstić information content (AvgIpc) is 2.87. The van der Waals surface area contributed by atoms with Crippen molar-refractivity contribution in [1.29, 1.82) is 0 Å². The minimum absolute atomic E-state index is 0.580. The standard InChI is InChI=1S/C30H37NO/c1-24(12-13-25-8-4-2-5-9-25)31-22-26-14-16-28(17-15-26)29-18-20-30(21-19-29)32-23-27-10-6-3-7-11-27/h2-11,18-21,24,26,28,31H,12-17,22-23H2,1H3. The van der Waals surface area contributed by atoms with Crippen LogP contribution in [-0.2, 0) is 13.0 Å². The average molecular weight is 428 g/mol. The summed E-state index contributed by atoms with van der Waals surface area (Å²) in [6, 6.07) is 30.6. The molecule has 0 bridgehead atoms. The molecule has 3 aromatic rings. The van der Waals surface area contributed by atoms with Crippen molar-refractivity contribution in [2.75, 3.05) is 6.54 Å². The minimum Gasteiger partial charge on any atom is -0.489 e. The Morgan fingerprint density at radius 2 is 1.41 bits per heavy atom. The van der Waals surface area contributed by atoms with Gasteiger partial charge in [-0.15, -0.1) is 0 Å². The van der Waals surface area contributed by atoms with Gasteiger partial charge in [-0.05, 0) is 92.7 Å². The van der Waals surface area contributed by atoms with Gasteiger partial charge < -0.3 is 10.1 Å². The first-order chi connectivity index (χ1) is 15.8. The molecule has 0 radical (unpaired) electrons. The maximum atomic E-state index is 5.95. The molecule has 0 amide bonds. The Hall–Kier alpha value is -2.58. The molecule has 1 fully saturated rings. The van der Waals surface area contributed by atoms with Crippen LogP contribution in [0.1, 0.15) is 61.6 Å². The predicted octanol–water partition coefficient (Wildman–Crippen LogP) is 7.15. The SMILES string of the molecule is CC(CCc1ccccc1)NCC1CCC(c2ccc(OCc3ccccc3)cc2)CC1. The molecule has 1 saturated carbocycles. The van der Waals surface area contributed by atoms with E-state index in [0.717, 1.165) is 24.6 Å². The molecular weight excluding hydrogens is 390 g/mol. The number of benzene rings is 3. The number of hydrogen-bond donors (Lipinski definition) is 1. The van der Waals surface area contributed by atoms with Crippen molar-refractivity contribution in [2.45, 2.75) is 64.0 Å². The third kappa shape index (κ3) is 6.97. The van der Waals surface area contributed by atoms with Gasteiger partial charge in [-0.2, -0.15) is 0 Å². The van der Waals surface area contributed by atoms with Gasteiger partial charge in [0.15, 0.2) is 0 Å². The van der Waals surface area contributed by atoms with E-state index in [4.69, 9.17) is 4.74 Å². The second kappa shape index (κ2) is 11.9. The van der Waals surface area contributed by atoms with Crippen LogP contribution in [0.3, 0.4) is 0 Å². The Balaban J connectivity index is 1.15. The van der Waals surface area contributed by atoms with Crippen molar-refractivity contribution in [3.05, 3.63) is 102 Å². The first-order valence-electron chi connectivity index (χ1n) is 12.3. The van der Waals surface area contributed by atoms with Gasteiger partial charge in [0.25, 0.3) is 0 Å². The van der Waals surface area contributed by atoms with Gasteiger partial charge >= 0.3 is 0 Å². The quantitative estimate of drug-likeness (QED) is 0.371. The molecule has 2 heteroatoms. The highest BCUT2D eigenvalue weighted by Gasteiger charge is 2.22. The number of aryl methyl sites for hydroxylation is 1. The van der Waals surface area contributed by atoms with Gasteiger partial charge in [-0.25, -0.2) is 0 Å². The largest absolute Gasteiger partial charge is 0.489 e. The van der Waals surface area contributed by atoms with Crippen LogP contribution in [0.25, 0.3) is 0 Å². The first kappa shape index (κ1) is 22.6. The van der Waals surface area contributed by atoms with E-state index < -0.39 is 0 Å². The first-order valence-corrected chi connectivity index (χ1v) is 12.3. The second-order valence-electron chi connectivity index (χ2n) is 9.39. The lowest BCUT2D eigenvalue weighted by atomic mass is 9.78. The molecule has 1 aliphatic carbocycles. The Morgan fingerprint density at radius 3 is 2.06 bits per heavy atom. The van der Waals surface area contributed by atoms with Gasteiger partial charge in [0.1, 0.15) is 12.4 Å². The van der Waals surface area contributed by atoms with E-state index in [1.807, 2.05) is 6.07 Å². The van der Waals surface area contributed by atoms with Crippen LogP contribution in [0, 0.1) is 5.92 Å². The molecule has 0 spiro atoms. The summed E-state index contributed by atoms with van der Waals surface area (Å²) in [5, 5.41) is 3.80. The Kier molecular flexibility index (Phi) is 8.39. The van der Waals surface area contributed by atoms with Crippen LogP contribution in [0.4, 0.5) is 0 Å². The number of nitrogens with one attached hydrogen (secondary N) is 1. The highest BCUT2D eigenvalue weighted by molar-refractivity contribution is 5.30. The minimum atomic E-state index is 0.580. The molecule has 4 rings (SSSR count). The molecule has 0 heterocycles. The van der Waals surface area contributed by atoms with E-state index in [2.05, 4.69) is 91.1 Å². The highest BCUT2D eigenvalue weighted by atomic mass is 16.5. The lowest BCUT2D eigenvalue weighted by Gasteiger charge is -2.30. The summed E-state index contributed by atoms with van der Waals surface area (Å²) in [6.45, 7) is 4.12. The smallest absolute Gasteiger partial charge is 0.119 e. The van der Waals surface area contributed by atoms with Crippen molar-refractivity contribution in [2.24, 2.45) is 5.92 Å². The van der Waals surface area contributed by atoms with Crippen LogP contribution < -0.4 is 10.1 Å². The molecule has 1 unspecified atom stereocenters. The fraction of sp³-hybridized carbons (Fsp3) is 0.400. The van der Waals surface area contributed by atoms with Gasteiger partial charge in [0.2, 0.25) is 0 Å². The topological polar surface area (TPSA) is 21.3 Å². The van der Waals surface area contributed by atoms with Crippen molar-refractivity contribution < 1.29 is 4.74 Å². The summed E-state index contributed by atoms with van der Waals surface area (Å²) >= 11 is 0. The summed E-state index contributed by atoms with van der Waals surface area (Å²) in [4.78, 5) is 0. The van der Waals surface area contributed by atoms with Crippen molar-refractivity contribution in [3.8, 4) is 5.75 Å². The Bertz CT molecular complexity index is 899. The zero-order valence-electron chi connectivity index (χ0n) is 19.4. The summed E-state index contributed by atoms with van der Waals surface area (Å²) in [5.41, 5.74) is 4.12. The summed E-state index contributed by atoms with van der Waals surface area (Å²) in [5.74, 6) is 2.48. The second-order valence-corrected chi connectivity index (χ2v) is 9.39. The molecule has 1 aliphatic rings. The van der Waals surface area contributed by atoms with Crippen molar-refractivity contribution in [3.63, 3.8) is 0 Å². The predicted molar refractivity (Wildman–Crippen MR) is 134 cm³/mol. The maximum absolute atomic E-state index is 5.95. The van der Waals surface area contributed by atoms with Crippen molar-refractivity contribution >= 4 is 0 Å². The van der Waals surface area contributed by atoms with Gasteiger partial charge in [0, 0.05) is 6.04 Å². The highest BCUT2D eigenvalue weighted by Crippen LogP contribution is 2.36. The molecule has 0 aliphatic heterocycles. The summed E-state index contributed by atoms with van der Waals surface area (Å²) in [7, 11) is 0. The van der Waals surface area contributed by atoms with E-state index in [1.165, 1.54) is 48.8 Å². The number of hydrogen-bond acceptors (Lipinski definition) is 2. The molecule has 1 N–H and O–H groups in total. The number of ether oxygens (including phenoxy) is 1. The molecule has 3 aromatic carbocycles. The van der Waals surface area contributed by atoms with Crippen molar-refractivity contribution in [1.82, 2.24) is 5.32 Å². The zero-order valence-corrected chi connectivity index (χ0v) is 19.4. The summed E-state index contributed by atoms with van der Waals surface area (Å²) < 4.78 is 5.95. The maximum Gasteiger partial charge on any atom is 0.119 e. The van der Waals surface area contributed by atoms with Crippen LogP contribution in [0.15, 0.2) is 84.9 Å². The Morgan fingerprint density at radius 1 is 0.781 bits per heavy atom. The lowest BCUT2D eigenvalue weighted by Crippen LogP contribution is -2.33. The molecule has 0 saturated heterocycles. The fourth-order valence-corrected chi connectivity index (χ4v) is 4.77. The van der Waals surface area contributed by atoms with Crippen LogP contribution >= 0.6 is 0 Å². The molecular formula is C30H37NO. The normalized spacial score (nSPS) is 19.4. The fourth-order valence-electron chi connectivity index (χ4n) is 4.77. The van der Waals surface area contributed by atoms with Crippen LogP contribution in [0.5, 0.6) is 5.75 Å².